The summed E-state index contributed by atoms with van der Waals surface area (Å²) in [5.41, 5.74) is 2.84. The van der Waals surface area contributed by atoms with Gasteiger partial charge in [0.1, 0.15) is 0 Å². The molecule has 1 heterocycles. The molecular weight excluding hydrogens is 190 g/mol. The molecule has 1 N–H and O–H groups in total. The van der Waals surface area contributed by atoms with Crippen LogP contribution in [0.25, 0.3) is 0 Å². The molecule has 2 rings (SSSR count). The van der Waals surface area contributed by atoms with Crippen molar-refractivity contribution in [1.82, 2.24) is 0 Å². The minimum atomic E-state index is 0.695. The van der Waals surface area contributed by atoms with E-state index in [1.807, 2.05) is 0 Å². The highest BCUT2D eigenvalue weighted by Gasteiger charge is 2.24. The van der Waals surface area contributed by atoms with Gasteiger partial charge in [-0.15, -0.1) is 11.8 Å². The molecule has 0 bridgehead atoms. The first-order valence-electron chi connectivity index (χ1n) is 5.14. The summed E-state index contributed by atoms with van der Waals surface area (Å²) in [6.45, 7) is 5.69. The summed E-state index contributed by atoms with van der Waals surface area (Å²) in [5.74, 6) is 1.42. The first kappa shape index (κ1) is 9.91. The van der Waals surface area contributed by atoms with Crippen LogP contribution in [0, 0.1) is 5.92 Å². The van der Waals surface area contributed by atoms with Gasteiger partial charge < -0.3 is 5.32 Å². The summed E-state index contributed by atoms with van der Waals surface area (Å²) in [4.78, 5) is 1.35. The quantitative estimate of drug-likeness (QED) is 0.744. The molecule has 0 aromatic heterocycles. The molecule has 1 aliphatic heterocycles. The fourth-order valence-corrected chi connectivity index (χ4v) is 2.50. The lowest BCUT2D eigenvalue weighted by molar-refractivity contribution is 0.533. The summed E-state index contributed by atoms with van der Waals surface area (Å²) >= 11 is 1.80. The molecule has 0 saturated carbocycles. The van der Waals surface area contributed by atoms with Crippen molar-refractivity contribution in [2.75, 3.05) is 18.1 Å². The molecule has 1 aliphatic rings. The van der Waals surface area contributed by atoms with E-state index in [1.165, 1.54) is 16.1 Å². The zero-order valence-electron chi connectivity index (χ0n) is 9.00. The van der Waals surface area contributed by atoms with Crippen molar-refractivity contribution < 1.29 is 0 Å². The van der Waals surface area contributed by atoms with Gasteiger partial charge in [-0.05, 0) is 29.9 Å². The van der Waals surface area contributed by atoms with Crippen LogP contribution in [0.1, 0.15) is 25.3 Å². The predicted molar refractivity (Wildman–Crippen MR) is 64.3 cm³/mol. The van der Waals surface area contributed by atoms with Gasteiger partial charge in [0.05, 0.1) is 0 Å². The third-order valence-electron chi connectivity index (χ3n) is 2.98. The van der Waals surface area contributed by atoms with Crippen molar-refractivity contribution in [3.05, 3.63) is 23.8 Å². The van der Waals surface area contributed by atoms with E-state index in [2.05, 4.69) is 43.6 Å². The normalized spacial score (nSPS) is 19.6. The summed E-state index contributed by atoms with van der Waals surface area (Å²) in [6.07, 6.45) is 2.12. The maximum absolute atomic E-state index is 3.49. The molecule has 0 fully saturated rings. The van der Waals surface area contributed by atoms with Crippen molar-refractivity contribution in [2.24, 2.45) is 5.92 Å². The van der Waals surface area contributed by atoms with Crippen molar-refractivity contribution in [3.8, 4) is 0 Å². The Bertz CT molecular complexity index is 333. The van der Waals surface area contributed by atoms with Crippen molar-refractivity contribution in [1.29, 1.82) is 0 Å². The van der Waals surface area contributed by atoms with Crippen LogP contribution in [0.15, 0.2) is 23.1 Å². The number of anilines is 1. The van der Waals surface area contributed by atoms with E-state index in [0.717, 1.165) is 12.5 Å². The highest BCUT2D eigenvalue weighted by molar-refractivity contribution is 7.98. The van der Waals surface area contributed by atoms with E-state index in [4.69, 9.17) is 0 Å². The molecule has 76 valence electrons. The summed E-state index contributed by atoms with van der Waals surface area (Å²) < 4.78 is 0. The number of hydrogen-bond acceptors (Lipinski definition) is 2. The number of fused-ring (bicyclic) bond motifs is 1. The molecule has 2 heteroatoms. The van der Waals surface area contributed by atoms with Gasteiger partial charge in [0.2, 0.25) is 0 Å². The molecule has 0 radical (unpaired) electrons. The highest BCUT2D eigenvalue weighted by Crippen LogP contribution is 2.37. The third-order valence-corrected chi connectivity index (χ3v) is 3.70. The van der Waals surface area contributed by atoms with Gasteiger partial charge in [-0.25, -0.2) is 0 Å². The Balaban J connectivity index is 2.33. The van der Waals surface area contributed by atoms with Gasteiger partial charge in [-0.1, -0.05) is 19.9 Å². The summed E-state index contributed by atoms with van der Waals surface area (Å²) in [6, 6.07) is 6.78. The Morgan fingerprint density at radius 3 is 2.86 bits per heavy atom. The Morgan fingerprint density at radius 1 is 1.43 bits per heavy atom. The molecule has 0 saturated heterocycles. The van der Waals surface area contributed by atoms with Crippen LogP contribution in [-0.4, -0.2) is 12.8 Å². The second-order valence-electron chi connectivity index (χ2n) is 4.18. The van der Waals surface area contributed by atoms with E-state index < -0.39 is 0 Å². The second-order valence-corrected chi connectivity index (χ2v) is 5.06. The largest absolute Gasteiger partial charge is 0.384 e. The van der Waals surface area contributed by atoms with Crippen LogP contribution in [0.2, 0.25) is 0 Å². The fraction of sp³-hybridized carbons (Fsp3) is 0.500. The Kier molecular flexibility index (Phi) is 2.73. The van der Waals surface area contributed by atoms with Gasteiger partial charge >= 0.3 is 0 Å². The smallest absolute Gasteiger partial charge is 0.0387 e. The van der Waals surface area contributed by atoms with Gasteiger partial charge in [0, 0.05) is 23.0 Å². The second kappa shape index (κ2) is 3.85. The SMILES string of the molecule is CSc1ccc2c(c1)NCC2C(C)C. The van der Waals surface area contributed by atoms with Crippen LogP contribution in [-0.2, 0) is 0 Å². The molecule has 1 nitrogen and oxygen atoms in total. The predicted octanol–water partition coefficient (Wildman–Crippen LogP) is 3.57. The highest BCUT2D eigenvalue weighted by atomic mass is 32.2. The van der Waals surface area contributed by atoms with Crippen LogP contribution >= 0.6 is 11.8 Å². The molecular formula is C12H17NS. The number of hydrogen-bond donors (Lipinski definition) is 1. The van der Waals surface area contributed by atoms with Crippen LogP contribution in [0.3, 0.4) is 0 Å². The Hall–Kier alpha value is -0.630. The fourth-order valence-electron chi connectivity index (χ4n) is 2.06. The van der Waals surface area contributed by atoms with Crippen molar-refractivity contribution in [3.63, 3.8) is 0 Å². The van der Waals surface area contributed by atoms with Gasteiger partial charge in [0.25, 0.3) is 0 Å². The lowest BCUT2D eigenvalue weighted by Gasteiger charge is -2.14. The number of thioether (sulfide) groups is 1. The van der Waals surface area contributed by atoms with E-state index in [1.54, 1.807) is 11.8 Å². The van der Waals surface area contributed by atoms with Gasteiger partial charge in [0.15, 0.2) is 0 Å². The average molecular weight is 207 g/mol. The summed E-state index contributed by atoms with van der Waals surface area (Å²) in [7, 11) is 0. The number of benzene rings is 1. The molecule has 0 spiro atoms. The minimum absolute atomic E-state index is 0.695. The lowest BCUT2D eigenvalue weighted by Crippen LogP contribution is -2.08. The number of nitrogens with one attached hydrogen (secondary N) is 1. The van der Waals surface area contributed by atoms with Gasteiger partial charge in [-0.2, -0.15) is 0 Å². The van der Waals surface area contributed by atoms with Crippen LogP contribution < -0.4 is 5.32 Å². The Morgan fingerprint density at radius 2 is 2.21 bits per heavy atom. The first-order valence-corrected chi connectivity index (χ1v) is 6.36. The maximum atomic E-state index is 3.49. The molecule has 0 amide bonds. The van der Waals surface area contributed by atoms with Crippen molar-refractivity contribution >= 4 is 17.4 Å². The standard InChI is InChI=1S/C12H17NS/c1-8(2)11-7-13-12-6-9(14-3)4-5-10(11)12/h4-6,8,11,13H,7H2,1-3H3. The molecule has 1 atom stereocenters. The lowest BCUT2D eigenvalue weighted by atomic mass is 9.90. The molecule has 0 aliphatic carbocycles. The van der Waals surface area contributed by atoms with Crippen molar-refractivity contribution in [2.45, 2.75) is 24.7 Å². The topological polar surface area (TPSA) is 12.0 Å². The van der Waals surface area contributed by atoms with Crippen LogP contribution in [0.4, 0.5) is 5.69 Å². The number of rotatable bonds is 2. The molecule has 1 unspecified atom stereocenters. The van der Waals surface area contributed by atoms with Crippen LogP contribution in [0.5, 0.6) is 0 Å². The van der Waals surface area contributed by atoms with E-state index in [9.17, 15) is 0 Å². The van der Waals surface area contributed by atoms with E-state index in [-0.39, 0.29) is 0 Å². The van der Waals surface area contributed by atoms with Gasteiger partial charge in [-0.3, -0.25) is 0 Å². The average Bonchev–Trinajstić information content (AvgIpc) is 2.59. The third kappa shape index (κ3) is 1.63. The zero-order valence-corrected chi connectivity index (χ0v) is 9.82. The maximum Gasteiger partial charge on any atom is 0.0387 e. The zero-order chi connectivity index (χ0) is 10.1. The van der Waals surface area contributed by atoms with E-state index in [0.29, 0.717) is 5.92 Å². The molecule has 14 heavy (non-hydrogen) atoms. The molecule has 1 aromatic rings. The molecule has 1 aromatic carbocycles. The van der Waals surface area contributed by atoms with E-state index >= 15 is 0 Å². The minimum Gasteiger partial charge on any atom is -0.384 e. The monoisotopic (exact) mass is 207 g/mol. The summed E-state index contributed by atoms with van der Waals surface area (Å²) in [5, 5.41) is 3.49. The Labute approximate surface area is 90.3 Å². The first-order chi connectivity index (χ1) is 6.72.